The number of esters is 1. The van der Waals surface area contributed by atoms with Gasteiger partial charge in [0.05, 0.1) is 6.61 Å². The Bertz CT molecular complexity index is 438. The number of hydrogen-bond acceptors (Lipinski definition) is 3. The molecule has 0 saturated carbocycles. The van der Waals surface area contributed by atoms with E-state index in [0.29, 0.717) is 5.56 Å². The molecule has 0 aliphatic carbocycles. The van der Waals surface area contributed by atoms with Crippen LogP contribution in [0.25, 0.3) is 0 Å². The Labute approximate surface area is 110 Å². The van der Waals surface area contributed by atoms with Gasteiger partial charge in [-0.3, -0.25) is 0 Å². The van der Waals surface area contributed by atoms with Gasteiger partial charge >= 0.3 is 12.6 Å². The van der Waals surface area contributed by atoms with Crippen LogP contribution < -0.4 is 4.74 Å². The van der Waals surface area contributed by atoms with Gasteiger partial charge in [0.25, 0.3) is 0 Å². The molecule has 0 aromatic heterocycles. The molecule has 0 heterocycles. The van der Waals surface area contributed by atoms with Crippen molar-refractivity contribution < 1.29 is 27.4 Å². The zero-order valence-corrected chi connectivity index (χ0v) is 11.0. The standard InChI is InChI=1S/C11H10BrF3O3/c1-2-17-10(16)9-7(13)3-6(5-12)4-8(9)18-11(14)15/h3-4,11H,2,5H2,1H3. The minimum Gasteiger partial charge on any atom is -0.462 e. The fourth-order valence-corrected chi connectivity index (χ4v) is 1.63. The molecule has 0 aliphatic heterocycles. The Morgan fingerprint density at radius 2 is 2.11 bits per heavy atom. The van der Waals surface area contributed by atoms with Crippen LogP contribution in [-0.4, -0.2) is 19.2 Å². The zero-order chi connectivity index (χ0) is 13.7. The van der Waals surface area contributed by atoms with Gasteiger partial charge in [-0.1, -0.05) is 15.9 Å². The number of benzene rings is 1. The Morgan fingerprint density at radius 3 is 2.61 bits per heavy atom. The van der Waals surface area contributed by atoms with Gasteiger partial charge in [-0.05, 0) is 24.6 Å². The van der Waals surface area contributed by atoms with Crippen molar-refractivity contribution in [2.75, 3.05) is 6.61 Å². The van der Waals surface area contributed by atoms with Crippen LogP contribution in [0.3, 0.4) is 0 Å². The van der Waals surface area contributed by atoms with Gasteiger partial charge in [0.15, 0.2) is 0 Å². The summed E-state index contributed by atoms with van der Waals surface area (Å²) in [6, 6.07) is 2.22. The molecular formula is C11H10BrF3O3. The molecule has 0 saturated heterocycles. The fraction of sp³-hybridized carbons (Fsp3) is 0.364. The predicted molar refractivity (Wildman–Crippen MR) is 61.6 cm³/mol. The minimum atomic E-state index is -3.15. The van der Waals surface area contributed by atoms with Crippen molar-refractivity contribution in [2.24, 2.45) is 0 Å². The van der Waals surface area contributed by atoms with Crippen LogP contribution in [0.2, 0.25) is 0 Å². The first-order valence-electron chi connectivity index (χ1n) is 4.99. The van der Waals surface area contributed by atoms with Crippen LogP contribution in [0.1, 0.15) is 22.8 Å². The summed E-state index contributed by atoms with van der Waals surface area (Å²) in [4.78, 5) is 11.5. The molecule has 1 aromatic carbocycles. The molecule has 1 rings (SSSR count). The second-order valence-electron chi connectivity index (χ2n) is 3.18. The Kier molecular flexibility index (Phi) is 5.46. The van der Waals surface area contributed by atoms with Crippen molar-refractivity contribution in [1.82, 2.24) is 0 Å². The maximum absolute atomic E-state index is 13.7. The molecule has 18 heavy (non-hydrogen) atoms. The van der Waals surface area contributed by atoms with E-state index in [4.69, 9.17) is 0 Å². The van der Waals surface area contributed by atoms with E-state index >= 15 is 0 Å². The lowest BCUT2D eigenvalue weighted by molar-refractivity contribution is -0.0506. The topological polar surface area (TPSA) is 35.5 Å². The van der Waals surface area contributed by atoms with Crippen LogP contribution >= 0.6 is 15.9 Å². The molecule has 0 radical (unpaired) electrons. The van der Waals surface area contributed by atoms with Gasteiger partial charge in [0.1, 0.15) is 17.1 Å². The third-order valence-corrected chi connectivity index (χ3v) is 2.61. The molecule has 0 atom stereocenters. The Hall–Kier alpha value is -1.24. The summed E-state index contributed by atoms with van der Waals surface area (Å²) in [6.45, 7) is -1.62. The van der Waals surface area contributed by atoms with Gasteiger partial charge < -0.3 is 9.47 Å². The SMILES string of the molecule is CCOC(=O)c1c(F)cc(CBr)cc1OC(F)F. The normalized spacial score (nSPS) is 10.6. The molecule has 1 aromatic rings. The van der Waals surface area contributed by atoms with E-state index in [-0.39, 0.29) is 11.9 Å². The second-order valence-corrected chi connectivity index (χ2v) is 3.74. The largest absolute Gasteiger partial charge is 0.462 e. The molecule has 7 heteroatoms. The maximum atomic E-state index is 13.7. The predicted octanol–water partition coefficient (Wildman–Crippen LogP) is 3.50. The van der Waals surface area contributed by atoms with Crippen molar-refractivity contribution in [3.8, 4) is 5.75 Å². The lowest BCUT2D eigenvalue weighted by Gasteiger charge is -2.12. The van der Waals surface area contributed by atoms with Crippen LogP contribution in [0, 0.1) is 5.82 Å². The average Bonchev–Trinajstić information content (AvgIpc) is 2.27. The van der Waals surface area contributed by atoms with E-state index in [9.17, 15) is 18.0 Å². The van der Waals surface area contributed by atoms with Crippen LogP contribution in [-0.2, 0) is 10.1 Å². The molecular weight excluding hydrogens is 317 g/mol. The lowest BCUT2D eigenvalue weighted by Crippen LogP contribution is -2.13. The van der Waals surface area contributed by atoms with Gasteiger partial charge in [0, 0.05) is 5.33 Å². The molecule has 3 nitrogen and oxygen atoms in total. The molecule has 0 spiro atoms. The smallest absolute Gasteiger partial charge is 0.387 e. The van der Waals surface area contributed by atoms with Crippen molar-refractivity contribution in [2.45, 2.75) is 18.9 Å². The van der Waals surface area contributed by atoms with Crippen LogP contribution in [0.5, 0.6) is 5.75 Å². The second kappa shape index (κ2) is 6.63. The number of ether oxygens (including phenoxy) is 2. The molecule has 0 N–H and O–H groups in total. The lowest BCUT2D eigenvalue weighted by atomic mass is 10.1. The first kappa shape index (κ1) is 14.8. The number of carbonyl (C=O) groups excluding carboxylic acids is 1. The quantitative estimate of drug-likeness (QED) is 0.613. The summed E-state index contributed by atoms with van der Waals surface area (Å²) in [6.07, 6.45) is 0. The summed E-state index contributed by atoms with van der Waals surface area (Å²) >= 11 is 3.06. The van der Waals surface area contributed by atoms with Gasteiger partial charge in [-0.15, -0.1) is 0 Å². The van der Waals surface area contributed by atoms with E-state index in [1.807, 2.05) is 0 Å². The summed E-state index contributed by atoms with van der Waals surface area (Å²) in [5.41, 5.74) is -0.252. The number of alkyl halides is 3. The first-order valence-corrected chi connectivity index (χ1v) is 6.12. The van der Waals surface area contributed by atoms with Crippen molar-refractivity contribution in [3.63, 3.8) is 0 Å². The first-order chi connectivity index (χ1) is 8.49. The van der Waals surface area contributed by atoms with Crippen molar-refractivity contribution in [1.29, 1.82) is 0 Å². The van der Waals surface area contributed by atoms with Gasteiger partial charge in [-0.25, -0.2) is 9.18 Å². The van der Waals surface area contributed by atoms with E-state index in [1.54, 1.807) is 0 Å². The number of hydrogen-bond donors (Lipinski definition) is 0. The monoisotopic (exact) mass is 326 g/mol. The van der Waals surface area contributed by atoms with E-state index < -0.39 is 29.7 Å². The average molecular weight is 327 g/mol. The highest BCUT2D eigenvalue weighted by Gasteiger charge is 2.22. The summed E-state index contributed by atoms with van der Waals surface area (Å²) in [7, 11) is 0. The van der Waals surface area contributed by atoms with E-state index in [2.05, 4.69) is 25.4 Å². The van der Waals surface area contributed by atoms with Crippen LogP contribution in [0.15, 0.2) is 12.1 Å². The minimum absolute atomic E-state index is 0.00654. The number of rotatable bonds is 5. The Balaban J connectivity index is 3.23. The Morgan fingerprint density at radius 1 is 1.44 bits per heavy atom. The van der Waals surface area contributed by atoms with Crippen LogP contribution in [0.4, 0.5) is 13.2 Å². The zero-order valence-electron chi connectivity index (χ0n) is 9.38. The summed E-state index contributed by atoms with van der Waals surface area (Å²) in [5.74, 6) is -2.52. The van der Waals surface area contributed by atoms with Gasteiger partial charge in [0.2, 0.25) is 0 Å². The highest BCUT2D eigenvalue weighted by molar-refractivity contribution is 9.08. The third-order valence-electron chi connectivity index (χ3n) is 1.96. The van der Waals surface area contributed by atoms with E-state index in [0.717, 1.165) is 12.1 Å². The molecule has 0 unspecified atom stereocenters. The number of halogens is 4. The third kappa shape index (κ3) is 3.63. The van der Waals surface area contributed by atoms with Gasteiger partial charge in [-0.2, -0.15) is 8.78 Å². The summed E-state index contributed by atoms with van der Waals surface area (Å²) in [5, 5.41) is 0.243. The summed E-state index contributed by atoms with van der Waals surface area (Å²) < 4.78 is 46.8. The molecule has 0 fully saturated rings. The molecule has 0 aliphatic rings. The number of carbonyl (C=O) groups is 1. The molecule has 0 bridgehead atoms. The fourth-order valence-electron chi connectivity index (χ4n) is 1.30. The highest BCUT2D eigenvalue weighted by atomic mass is 79.9. The maximum Gasteiger partial charge on any atom is 0.387 e. The van der Waals surface area contributed by atoms with E-state index in [1.165, 1.54) is 6.92 Å². The molecule has 100 valence electrons. The van der Waals surface area contributed by atoms with Crippen molar-refractivity contribution in [3.05, 3.63) is 29.1 Å². The highest BCUT2D eigenvalue weighted by Crippen LogP contribution is 2.27. The molecule has 0 amide bonds. The van der Waals surface area contributed by atoms with Crippen molar-refractivity contribution >= 4 is 21.9 Å².